The topological polar surface area (TPSA) is 529 Å². The van der Waals surface area contributed by atoms with Gasteiger partial charge in [-0.25, -0.2) is 0 Å². The number of nitrogens with one attached hydrogen (secondary N) is 12. The van der Waals surface area contributed by atoms with Crippen LogP contribution in [0.2, 0.25) is 0 Å². The lowest BCUT2D eigenvalue weighted by molar-refractivity contribution is -0.143. The van der Waals surface area contributed by atoms with Gasteiger partial charge in [0, 0.05) is 32.4 Å². The van der Waals surface area contributed by atoms with E-state index >= 15 is 28.8 Å². The maximum Gasteiger partial charge on any atom is 0.246 e. The minimum absolute atomic E-state index is 0.00194. The van der Waals surface area contributed by atoms with Crippen molar-refractivity contribution < 1.29 is 82.4 Å². The van der Waals surface area contributed by atoms with E-state index in [1.807, 2.05) is 27.7 Å². The fourth-order valence-corrected chi connectivity index (χ4v) is 15.4. The first-order valence-corrected chi connectivity index (χ1v) is 43.5. The van der Waals surface area contributed by atoms with E-state index in [2.05, 4.69) is 63.8 Å². The van der Waals surface area contributed by atoms with Crippen LogP contribution in [0.5, 0.6) is 17.2 Å². The van der Waals surface area contributed by atoms with Crippen LogP contribution in [0.25, 0.3) is 0 Å². The first-order valence-electron chi connectivity index (χ1n) is 43.5. The third-order valence-corrected chi connectivity index (χ3v) is 22.2. The van der Waals surface area contributed by atoms with E-state index in [0.29, 0.717) is 68.1 Å². The average molecular weight is 1710 g/mol. The summed E-state index contributed by atoms with van der Waals surface area (Å²) in [5.41, 5.74) is 19.3. The smallest absolute Gasteiger partial charge is 0.246 e. The summed E-state index contributed by atoms with van der Waals surface area (Å²) >= 11 is 0. The number of phenolic OH excluding ortho intramolecular Hbond substituents is 3. The SMILES string of the molecule is CC(C)C[C@@H]1NC(=O)[C@H](CCCCN)NC(=O)[C@H](C(C)C)NC(=O)[C@H](CCCCN)NC(=O)[C@H](CC(C)C)NC(=O)[C@@H]2CCCN2C(=O)[C@@H](Cc2ccc(O)cc2)NC(=O)[C@H](C(C)C)NC(=O)[C@@H](Cc2ccc(O)cc2)NC(=O)[C@H](CC(C)C)NC(=O)[C@H](CCCCN)NC(=O)[C@H](C(C)C)NC(=O)[C@@H]2CCCN2C(=O)[C@H](Cc2ccc(O)cc2)NC1=O. The zero-order valence-electron chi connectivity index (χ0n) is 73.1. The van der Waals surface area contributed by atoms with Crippen molar-refractivity contribution in [2.45, 2.75) is 290 Å². The second kappa shape index (κ2) is 49.6. The molecule has 34 nitrogen and oxygen atoms in total. The molecule has 14 amide bonds. The number of fused-ring (bicyclic) bond motifs is 2. The van der Waals surface area contributed by atoms with Gasteiger partial charge in [0.05, 0.1) is 0 Å². The number of benzene rings is 3. The number of phenols is 3. The van der Waals surface area contributed by atoms with E-state index in [4.69, 9.17) is 17.2 Å². The molecule has 34 heteroatoms. The minimum Gasteiger partial charge on any atom is -0.508 e. The van der Waals surface area contributed by atoms with Gasteiger partial charge in [0.15, 0.2) is 0 Å². The Bertz CT molecular complexity index is 3980. The number of hydrogen-bond donors (Lipinski definition) is 18. The molecule has 3 fully saturated rings. The monoisotopic (exact) mass is 1700 g/mol. The Morgan fingerprint density at radius 2 is 0.525 bits per heavy atom. The largest absolute Gasteiger partial charge is 0.508 e. The Labute approximate surface area is 717 Å². The molecule has 0 spiro atoms. The van der Waals surface area contributed by atoms with Gasteiger partial charge in [0.25, 0.3) is 0 Å². The van der Waals surface area contributed by atoms with E-state index in [9.17, 15) is 53.7 Å². The second-order valence-electron chi connectivity index (χ2n) is 35.0. The molecule has 0 radical (unpaired) electrons. The molecule has 0 aliphatic carbocycles. The molecule has 0 unspecified atom stereocenters. The van der Waals surface area contributed by atoms with Gasteiger partial charge in [-0.15, -0.1) is 0 Å². The van der Waals surface area contributed by atoms with Crippen molar-refractivity contribution in [1.29, 1.82) is 0 Å². The molecule has 6 rings (SSSR count). The highest BCUT2D eigenvalue weighted by Gasteiger charge is 2.45. The van der Waals surface area contributed by atoms with Crippen molar-refractivity contribution in [2.75, 3.05) is 32.7 Å². The Morgan fingerprint density at radius 3 is 0.828 bits per heavy atom. The van der Waals surface area contributed by atoms with Crippen LogP contribution in [-0.4, -0.2) is 225 Å². The van der Waals surface area contributed by atoms with Gasteiger partial charge in [-0.05, 0) is 211 Å². The average Bonchev–Trinajstić information content (AvgIpc) is 1.60. The first-order chi connectivity index (χ1) is 57.8. The fraction of sp³-hybridized carbons (Fsp3) is 0.636. The maximum absolute atomic E-state index is 15.4. The Balaban J connectivity index is 1.46. The predicted molar refractivity (Wildman–Crippen MR) is 460 cm³/mol. The van der Waals surface area contributed by atoms with Crippen LogP contribution in [0.4, 0.5) is 0 Å². The summed E-state index contributed by atoms with van der Waals surface area (Å²) in [7, 11) is 0. The molecule has 3 saturated heterocycles. The van der Waals surface area contributed by atoms with E-state index in [-0.39, 0.29) is 138 Å². The molecule has 676 valence electrons. The number of carbonyl (C=O) groups is 14. The highest BCUT2D eigenvalue weighted by molar-refractivity contribution is 6.01. The molecule has 0 saturated carbocycles. The summed E-state index contributed by atoms with van der Waals surface area (Å²) in [6, 6.07) is -1.26. The number of aromatic hydroxyl groups is 3. The zero-order chi connectivity index (χ0) is 90.2. The number of rotatable bonds is 27. The van der Waals surface area contributed by atoms with E-state index in [0.717, 1.165) is 0 Å². The number of hydrogen-bond acceptors (Lipinski definition) is 20. The molecule has 3 aliphatic heterocycles. The quantitative estimate of drug-likeness (QED) is 0.0486. The van der Waals surface area contributed by atoms with Crippen LogP contribution < -0.4 is 81.0 Å². The maximum atomic E-state index is 15.4. The molecule has 0 aromatic heterocycles. The minimum atomic E-state index is -1.50. The number of nitrogens with zero attached hydrogens (tertiary/aromatic N) is 2. The second-order valence-corrected chi connectivity index (χ2v) is 35.0. The van der Waals surface area contributed by atoms with Crippen molar-refractivity contribution in [3.8, 4) is 17.2 Å². The van der Waals surface area contributed by atoms with Crippen LogP contribution >= 0.6 is 0 Å². The standard InChI is InChI=1S/C88H137N17O17/c1-49(2)43-64-79(113)97-67(46-55-26-32-58(106)33-27-55)81(115)102-73(53(9)10)86(120)100-69(48-57-30-36-60(108)37-31-57)88(122)104-41-19-24-70(104)82(116)98-66(45-51(5)6)78(112)92-63(23-15-18-40-91)77(111)101-72(52(7)8)84(118)93-61(21-13-16-38-89)76(110)96-65(44-50(3)4)80(114)99-68(47-56-28-34-59(107)35-29-56)87(121)105-42-20-25-71(105)83(117)103-74(54(11)12)85(119)94-62(75(109)95-64)22-14-17-39-90/h26-37,49-54,61-74,106-108H,13-25,38-48,89-91H2,1-12H3,(H,92,112)(H,93,118)(H,94,119)(H,95,109)(H,96,110)(H,97,113)(H,98,116)(H,99,114)(H,100,120)(H,101,111)(H,102,115)(H,103,117)/t61-,62-,63-,64-,65-,66-,67+,68-,69+,70-,71-,72-,73-,74-/m0/s1. The normalized spacial score (nSPS) is 25.3. The van der Waals surface area contributed by atoms with Crippen molar-refractivity contribution in [1.82, 2.24) is 73.6 Å². The van der Waals surface area contributed by atoms with Crippen molar-refractivity contribution in [2.24, 2.45) is 52.7 Å². The molecule has 3 heterocycles. The molecule has 122 heavy (non-hydrogen) atoms. The third-order valence-electron chi connectivity index (χ3n) is 22.2. The fourth-order valence-electron chi connectivity index (χ4n) is 15.4. The van der Waals surface area contributed by atoms with Gasteiger partial charge in [-0.1, -0.05) is 119 Å². The van der Waals surface area contributed by atoms with Crippen LogP contribution in [0.1, 0.15) is 203 Å². The summed E-state index contributed by atoms with van der Waals surface area (Å²) in [6.45, 7) is 21.6. The summed E-state index contributed by atoms with van der Waals surface area (Å²) < 4.78 is 0. The highest BCUT2D eigenvalue weighted by atomic mass is 16.3. The molecule has 3 aromatic rings. The van der Waals surface area contributed by atoms with Crippen LogP contribution in [0, 0.1) is 35.5 Å². The molecule has 0 bridgehead atoms. The first kappa shape index (κ1) is 100. The summed E-state index contributed by atoms with van der Waals surface area (Å²) in [5, 5.41) is 64.9. The Kier molecular flexibility index (Phi) is 40.8. The number of carbonyl (C=O) groups excluding carboxylic acids is 14. The third kappa shape index (κ3) is 31.4. The van der Waals surface area contributed by atoms with Crippen LogP contribution in [-0.2, 0) is 86.4 Å². The van der Waals surface area contributed by atoms with Crippen molar-refractivity contribution in [3.63, 3.8) is 0 Å². The predicted octanol–water partition coefficient (Wildman–Crippen LogP) is 2.14. The lowest BCUT2D eigenvalue weighted by Gasteiger charge is -2.32. The lowest BCUT2D eigenvalue weighted by atomic mass is 9.98. The zero-order valence-corrected chi connectivity index (χ0v) is 73.1. The van der Waals surface area contributed by atoms with Gasteiger partial charge in [-0.3, -0.25) is 67.1 Å². The van der Waals surface area contributed by atoms with E-state index in [1.165, 1.54) is 58.3 Å². The Hall–Kier alpha value is -10.5. The molecule has 21 N–H and O–H groups in total. The van der Waals surface area contributed by atoms with E-state index < -0.39 is 185 Å². The van der Waals surface area contributed by atoms with Crippen LogP contribution in [0.3, 0.4) is 0 Å². The summed E-state index contributed by atoms with van der Waals surface area (Å²) in [6.07, 6.45) is 2.64. The van der Waals surface area contributed by atoms with E-state index in [1.54, 1.807) is 79.7 Å². The van der Waals surface area contributed by atoms with Crippen LogP contribution in [0.15, 0.2) is 72.8 Å². The van der Waals surface area contributed by atoms with Crippen molar-refractivity contribution in [3.05, 3.63) is 89.5 Å². The molecular weight excluding hydrogens is 1570 g/mol. The van der Waals surface area contributed by atoms with Gasteiger partial charge in [0.2, 0.25) is 82.7 Å². The van der Waals surface area contributed by atoms with Gasteiger partial charge < -0.3 is 106 Å². The summed E-state index contributed by atoms with van der Waals surface area (Å²) in [4.78, 5) is 213. The molecular formula is C88H137N17O17. The van der Waals surface area contributed by atoms with Gasteiger partial charge >= 0.3 is 0 Å². The lowest BCUT2D eigenvalue weighted by Crippen LogP contribution is -2.62. The molecule has 3 aromatic carbocycles. The number of unbranched alkanes of at least 4 members (excludes halogenated alkanes) is 3. The highest BCUT2D eigenvalue weighted by Crippen LogP contribution is 2.26. The summed E-state index contributed by atoms with van der Waals surface area (Å²) in [5.74, 6) is -14.0. The number of amides is 14. The van der Waals surface area contributed by atoms with Gasteiger partial charge in [-0.2, -0.15) is 0 Å². The number of nitrogens with two attached hydrogens (primary N) is 3. The Morgan fingerprint density at radius 1 is 0.295 bits per heavy atom. The molecule has 3 aliphatic rings. The van der Waals surface area contributed by atoms with Crippen molar-refractivity contribution >= 4 is 82.7 Å². The molecule has 14 atom stereocenters. The van der Waals surface area contributed by atoms with Gasteiger partial charge in [0.1, 0.15) is 102 Å².